The van der Waals surface area contributed by atoms with E-state index in [0.29, 0.717) is 6.54 Å². The van der Waals surface area contributed by atoms with Gasteiger partial charge in [-0.05, 0) is 26.2 Å². The van der Waals surface area contributed by atoms with Crippen molar-refractivity contribution in [2.45, 2.75) is 12.2 Å². The molecule has 0 amide bonds. The second kappa shape index (κ2) is 5.97. The molecule has 20 heavy (non-hydrogen) atoms. The summed E-state index contributed by atoms with van der Waals surface area (Å²) in [4.78, 5) is 8.36. The van der Waals surface area contributed by atoms with Crippen LogP contribution in [0.3, 0.4) is 0 Å². The van der Waals surface area contributed by atoms with Gasteiger partial charge in [0.2, 0.25) is 0 Å². The Balaban J connectivity index is 1.97. The number of pyridine rings is 1. The first-order chi connectivity index (χ1) is 9.36. The lowest BCUT2D eigenvalue weighted by molar-refractivity contribution is -0.137. The molecule has 1 atom stereocenters. The molecule has 0 bridgehead atoms. The molecule has 0 aromatic carbocycles. The van der Waals surface area contributed by atoms with E-state index in [0.717, 1.165) is 31.8 Å². The standard InChI is InChI=1S/C13H19F3N4/c1-19-5-6-20(2)11(9-19)8-18-12-7-10(3-4-17-12)13(14,15)16/h3-4,7,11H,5-6,8-9H2,1-2H3,(H,17,18). The van der Waals surface area contributed by atoms with Gasteiger partial charge in [0.1, 0.15) is 5.82 Å². The molecule has 1 unspecified atom stereocenters. The summed E-state index contributed by atoms with van der Waals surface area (Å²) in [6.45, 7) is 3.44. The maximum atomic E-state index is 12.6. The topological polar surface area (TPSA) is 31.4 Å². The molecule has 2 heterocycles. The molecule has 1 aliphatic heterocycles. The summed E-state index contributed by atoms with van der Waals surface area (Å²) in [6.07, 6.45) is -3.15. The number of aromatic nitrogens is 1. The zero-order valence-corrected chi connectivity index (χ0v) is 11.6. The van der Waals surface area contributed by atoms with Gasteiger partial charge in [-0.2, -0.15) is 13.2 Å². The van der Waals surface area contributed by atoms with Crippen molar-refractivity contribution < 1.29 is 13.2 Å². The van der Waals surface area contributed by atoms with Crippen LogP contribution in [-0.2, 0) is 6.18 Å². The van der Waals surface area contributed by atoms with Crippen LogP contribution in [0.5, 0.6) is 0 Å². The molecule has 1 saturated heterocycles. The Bertz CT molecular complexity index is 449. The molecule has 0 radical (unpaired) electrons. The summed E-state index contributed by atoms with van der Waals surface area (Å²) in [7, 11) is 4.07. The minimum absolute atomic E-state index is 0.265. The van der Waals surface area contributed by atoms with Gasteiger partial charge in [0.05, 0.1) is 5.56 Å². The molecule has 1 aliphatic rings. The van der Waals surface area contributed by atoms with Gasteiger partial charge >= 0.3 is 6.18 Å². The molecule has 1 aromatic rings. The van der Waals surface area contributed by atoms with E-state index in [1.165, 1.54) is 6.20 Å². The SMILES string of the molecule is CN1CCN(C)C(CNc2cc(C(F)(F)F)ccn2)C1. The van der Waals surface area contributed by atoms with E-state index in [4.69, 9.17) is 0 Å². The highest BCUT2D eigenvalue weighted by molar-refractivity contribution is 5.38. The fraction of sp³-hybridized carbons (Fsp3) is 0.615. The minimum Gasteiger partial charge on any atom is -0.368 e. The number of likely N-dealkylation sites (N-methyl/N-ethyl adjacent to an activating group) is 2. The number of piperazine rings is 1. The Morgan fingerprint density at radius 3 is 2.80 bits per heavy atom. The first-order valence-corrected chi connectivity index (χ1v) is 6.52. The zero-order valence-electron chi connectivity index (χ0n) is 11.6. The molecule has 112 valence electrons. The van der Waals surface area contributed by atoms with Gasteiger partial charge < -0.3 is 10.2 Å². The number of halogens is 3. The normalized spacial score (nSPS) is 21.9. The Labute approximate surface area is 116 Å². The van der Waals surface area contributed by atoms with Crippen molar-refractivity contribution in [2.75, 3.05) is 45.6 Å². The van der Waals surface area contributed by atoms with E-state index in [1.807, 2.05) is 14.1 Å². The Morgan fingerprint density at radius 1 is 1.35 bits per heavy atom. The first-order valence-electron chi connectivity index (χ1n) is 6.52. The van der Waals surface area contributed by atoms with Crippen LogP contribution in [0.2, 0.25) is 0 Å². The van der Waals surface area contributed by atoms with E-state index < -0.39 is 11.7 Å². The highest BCUT2D eigenvalue weighted by Gasteiger charge is 2.30. The molecule has 0 aliphatic carbocycles. The monoisotopic (exact) mass is 288 g/mol. The second-order valence-corrected chi connectivity index (χ2v) is 5.21. The molecular formula is C13H19F3N4. The number of hydrogen-bond donors (Lipinski definition) is 1. The smallest absolute Gasteiger partial charge is 0.368 e. The van der Waals surface area contributed by atoms with Crippen LogP contribution in [0.25, 0.3) is 0 Å². The van der Waals surface area contributed by atoms with Crippen LogP contribution >= 0.6 is 0 Å². The van der Waals surface area contributed by atoms with Crippen molar-refractivity contribution in [3.8, 4) is 0 Å². The number of anilines is 1. The van der Waals surface area contributed by atoms with Crippen molar-refractivity contribution in [3.63, 3.8) is 0 Å². The van der Waals surface area contributed by atoms with Crippen LogP contribution in [-0.4, -0.2) is 61.1 Å². The summed E-state index contributed by atoms with van der Waals surface area (Å²) in [5.74, 6) is 0.265. The first kappa shape index (κ1) is 15.1. The number of rotatable bonds is 3. The number of nitrogens with zero attached hydrogens (tertiary/aromatic N) is 3. The van der Waals surface area contributed by atoms with E-state index in [2.05, 4.69) is 20.1 Å². The maximum Gasteiger partial charge on any atom is 0.416 e. The van der Waals surface area contributed by atoms with E-state index >= 15 is 0 Å². The molecule has 4 nitrogen and oxygen atoms in total. The van der Waals surface area contributed by atoms with E-state index in [9.17, 15) is 13.2 Å². The van der Waals surface area contributed by atoms with Crippen molar-refractivity contribution in [3.05, 3.63) is 23.9 Å². The average Bonchev–Trinajstić information content (AvgIpc) is 2.39. The van der Waals surface area contributed by atoms with E-state index in [1.54, 1.807) is 0 Å². The third kappa shape index (κ3) is 3.83. The summed E-state index contributed by atoms with van der Waals surface area (Å²) >= 11 is 0. The molecule has 0 saturated carbocycles. The second-order valence-electron chi connectivity index (χ2n) is 5.21. The van der Waals surface area contributed by atoms with Gasteiger partial charge in [-0.1, -0.05) is 0 Å². The van der Waals surface area contributed by atoms with E-state index in [-0.39, 0.29) is 11.9 Å². The van der Waals surface area contributed by atoms with Crippen LogP contribution < -0.4 is 5.32 Å². The van der Waals surface area contributed by atoms with Crippen LogP contribution in [0, 0.1) is 0 Å². The molecule has 7 heteroatoms. The highest BCUT2D eigenvalue weighted by Crippen LogP contribution is 2.29. The fourth-order valence-corrected chi connectivity index (χ4v) is 2.25. The molecule has 0 spiro atoms. The predicted octanol–water partition coefficient (Wildman–Crippen LogP) is 1.76. The largest absolute Gasteiger partial charge is 0.416 e. The summed E-state index contributed by atoms with van der Waals surface area (Å²) in [5.41, 5.74) is -0.677. The lowest BCUT2D eigenvalue weighted by atomic mass is 10.2. The molecule has 1 N–H and O–H groups in total. The molecule has 2 rings (SSSR count). The third-order valence-electron chi connectivity index (χ3n) is 3.59. The number of nitrogens with one attached hydrogen (secondary N) is 1. The average molecular weight is 288 g/mol. The van der Waals surface area contributed by atoms with Crippen molar-refractivity contribution in [2.24, 2.45) is 0 Å². The van der Waals surface area contributed by atoms with Crippen LogP contribution in [0.1, 0.15) is 5.56 Å². The lowest BCUT2D eigenvalue weighted by Crippen LogP contribution is -2.52. The Hall–Kier alpha value is -1.34. The van der Waals surface area contributed by atoms with Gasteiger partial charge in [0, 0.05) is 38.4 Å². The number of alkyl halides is 3. The predicted molar refractivity (Wildman–Crippen MR) is 71.6 cm³/mol. The highest BCUT2D eigenvalue weighted by atomic mass is 19.4. The quantitative estimate of drug-likeness (QED) is 0.918. The molecular weight excluding hydrogens is 269 g/mol. The third-order valence-corrected chi connectivity index (χ3v) is 3.59. The molecule has 1 aromatic heterocycles. The van der Waals surface area contributed by atoms with Gasteiger partial charge in [0.15, 0.2) is 0 Å². The van der Waals surface area contributed by atoms with Gasteiger partial charge in [-0.15, -0.1) is 0 Å². The zero-order chi connectivity index (χ0) is 14.8. The van der Waals surface area contributed by atoms with Gasteiger partial charge in [-0.25, -0.2) is 4.98 Å². The van der Waals surface area contributed by atoms with Crippen LogP contribution in [0.15, 0.2) is 18.3 Å². The minimum atomic E-state index is -4.33. The van der Waals surface area contributed by atoms with Crippen molar-refractivity contribution in [1.82, 2.24) is 14.8 Å². The summed E-state index contributed by atoms with van der Waals surface area (Å²) in [6, 6.07) is 2.29. The fourth-order valence-electron chi connectivity index (χ4n) is 2.25. The Kier molecular flexibility index (Phi) is 4.49. The lowest BCUT2D eigenvalue weighted by Gasteiger charge is -2.37. The summed E-state index contributed by atoms with van der Waals surface area (Å²) in [5, 5.41) is 3.00. The van der Waals surface area contributed by atoms with Gasteiger partial charge in [0.25, 0.3) is 0 Å². The van der Waals surface area contributed by atoms with Gasteiger partial charge in [-0.3, -0.25) is 4.90 Å². The summed E-state index contributed by atoms with van der Waals surface area (Å²) < 4.78 is 37.8. The maximum absolute atomic E-state index is 12.6. The van der Waals surface area contributed by atoms with Crippen molar-refractivity contribution in [1.29, 1.82) is 0 Å². The van der Waals surface area contributed by atoms with Crippen molar-refractivity contribution >= 4 is 5.82 Å². The molecule has 1 fully saturated rings. The number of hydrogen-bond acceptors (Lipinski definition) is 4. The Morgan fingerprint density at radius 2 is 2.10 bits per heavy atom. The van der Waals surface area contributed by atoms with Crippen LogP contribution in [0.4, 0.5) is 19.0 Å².